The van der Waals surface area contributed by atoms with Gasteiger partial charge in [0, 0.05) is 32.3 Å². The molecule has 1 aliphatic rings. The molecule has 8 nitrogen and oxygen atoms in total. The molecular weight excluding hydrogens is 360 g/mol. The molecule has 0 spiro atoms. The fourth-order valence-corrected chi connectivity index (χ4v) is 4.41. The highest BCUT2D eigenvalue weighted by Crippen LogP contribution is 2.21. The van der Waals surface area contributed by atoms with Crippen LogP contribution >= 0.6 is 0 Å². The number of amides is 1. The number of carboxylic acids is 1. The standard InChI is InChI=1S/C17H24N2O6S/c1-25-11-10-18(13-16(20)21)17(22)14-6-5-7-15(12-14)26(23,24)19-8-3-2-4-9-19/h5-7,12H,2-4,8-11,13H2,1H3,(H,20,21). The lowest BCUT2D eigenvalue weighted by Crippen LogP contribution is -2.38. The van der Waals surface area contributed by atoms with Crippen LogP contribution in [0.15, 0.2) is 29.2 Å². The van der Waals surface area contributed by atoms with Crippen molar-refractivity contribution in [3.05, 3.63) is 29.8 Å². The number of aliphatic carboxylic acids is 1. The smallest absolute Gasteiger partial charge is 0.323 e. The second kappa shape index (κ2) is 9.11. The van der Waals surface area contributed by atoms with Crippen molar-refractivity contribution in [2.45, 2.75) is 24.2 Å². The Morgan fingerprint density at radius 1 is 1.23 bits per heavy atom. The van der Waals surface area contributed by atoms with Crippen LogP contribution in [0.5, 0.6) is 0 Å². The number of benzene rings is 1. The van der Waals surface area contributed by atoms with Gasteiger partial charge in [0.25, 0.3) is 5.91 Å². The number of piperidine rings is 1. The molecule has 0 atom stereocenters. The van der Waals surface area contributed by atoms with Gasteiger partial charge >= 0.3 is 5.97 Å². The van der Waals surface area contributed by atoms with Gasteiger partial charge < -0.3 is 14.7 Å². The Morgan fingerprint density at radius 3 is 2.54 bits per heavy atom. The second-order valence-electron chi connectivity index (χ2n) is 6.11. The van der Waals surface area contributed by atoms with Gasteiger partial charge in [-0.1, -0.05) is 12.5 Å². The number of hydrogen-bond donors (Lipinski definition) is 1. The van der Waals surface area contributed by atoms with E-state index in [1.165, 1.54) is 35.7 Å². The number of rotatable bonds is 8. The molecule has 1 N–H and O–H groups in total. The lowest BCUT2D eigenvalue weighted by molar-refractivity contribution is -0.137. The highest BCUT2D eigenvalue weighted by Gasteiger charge is 2.27. The Labute approximate surface area is 153 Å². The minimum absolute atomic E-state index is 0.0484. The normalized spacial score (nSPS) is 15.6. The van der Waals surface area contributed by atoms with Gasteiger partial charge in [-0.3, -0.25) is 9.59 Å². The second-order valence-corrected chi connectivity index (χ2v) is 8.04. The van der Waals surface area contributed by atoms with Crippen LogP contribution in [0.25, 0.3) is 0 Å². The van der Waals surface area contributed by atoms with Crippen LogP contribution in [0.2, 0.25) is 0 Å². The molecule has 1 saturated heterocycles. The predicted molar refractivity (Wildman–Crippen MR) is 94.5 cm³/mol. The molecule has 0 bridgehead atoms. The van der Waals surface area contributed by atoms with E-state index in [1.807, 2.05) is 0 Å². The van der Waals surface area contributed by atoms with Crippen molar-refractivity contribution in [2.24, 2.45) is 0 Å². The molecule has 0 aromatic heterocycles. The van der Waals surface area contributed by atoms with Crippen LogP contribution in [-0.4, -0.2) is 74.5 Å². The first kappa shape index (κ1) is 20.3. The summed E-state index contributed by atoms with van der Waals surface area (Å²) in [6, 6.07) is 5.75. The molecule has 0 unspecified atom stereocenters. The number of sulfonamides is 1. The third kappa shape index (κ3) is 5.03. The topological polar surface area (TPSA) is 104 Å². The molecule has 144 valence electrons. The minimum atomic E-state index is -3.66. The van der Waals surface area contributed by atoms with E-state index >= 15 is 0 Å². The summed E-state index contributed by atoms with van der Waals surface area (Å²) in [6.07, 6.45) is 2.65. The summed E-state index contributed by atoms with van der Waals surface area (Å²) < 4.78 is 31.9. The first-order chi connectivity index (χ1) is 12.4. The summed E-state index contributed by atoms with van der Waals surface area (Å²) in [6.45, 7) is 0.750. The summed E-state index contributed by atoms with van der Waals surface area (Å²) >= 11 is 0. The Kier molecular flexibility index (Phi) is 7.13. The van der Waals surface area contributed by atoms with Gasteiger partial charge in [-0.15, -0.1) is 0 Å². The molecule has 1 aromatic rings. The number of carbonyl (C=O) groups is 2. The molecule has 1 aliphatic heterocycles. The maximum absolute atomic E-state index is 12.8. The number of ether oxygens (including phenoxy) is 1. The van der Waals surface area contributed by atoms with Gasteiger partial charge in [0.15, 0.2) is 0 Å². The Bertz CT molecular complexity index is 743. The molecule has 0 aliphatic carbocycles. The number of carbonyl (C=O) groups excluding carboxylic acids is 1. The number of hydrogen-bond acceptors (Lipinski definition) is 5. The van der Waals surface area contributed by atoms with Crippen LogP contribution in [0.3, 0.4) is 0 Å². The van der Waals surface area contributed by atoms with E-state index in [4.69, 9.17) is 9.84 Å². The average Bonchev–Trinajstić information content (AvgIpc) is 2.65. The fourth-order valence-electron chi connectivity index (χ4n) is 2.84. The van der Waals surface area contributed by atoms with E-state index in [-0.39, 0.29) is 23.6 Å². The fraction of sp³-hybridized carbons (Fsp3) is 0.529. The monoisotopic (exact) mass is 384 g/mol. The van der Waals surface area contributed by atoms with Crippen LogP contribution < -0.4 is 0 Å². The summed E-state index contributed by atoms with van der Waals surface area (Å²) in [5.74, 6) is -1.69. The van der Waals surface area contributed by atoms with Gasteiger partial charge in [0.2, 0.25) is 10.0 Å². The number of carboxylic acid groups (broad SMARTS) is 1. The molecule has 0 saturated carbocycles. The maximum atomic E-state index is 12.8. The number of methoxy groups -OCH3 is 1. The van der Waals surface area contributed by atoms with Crippen molar-refractivity contribution in [1.29, 1.82) is 0 Å². The van der Waals surface area contributed by atoms with Crippen molar-refractivity contribution >= 4 is 21.9 Å². The molecule has 1 aromatic carbocycles. The molecule has 26 heavy (non-hydrogen) atoms. The van der Waals surface area contributed by atoms with Gasteiger partial charge in [-0.05, 0) is 31.0 Å². The highest BCUT2D eigenvalue weighted by molar-refractivity contribution is 7.89. The van der Waals surface area contributed by atoms with Gasteiger partial charge in [0.1, 0.15) is 6.54 Å². The zero-order valence-corrected chi connectivity index (χ0v) is 15.6. The van der Waals surface area contributed by atoms with E-state index < -0.39 is 28.4 Å². The zero-order valence-electron chi connectivity index (χ0n) is 14.8. The third-order valence-electron chi connectivity index (χ3n) is 4.21. The van der Waals surface area contributed by atoms with Gasteiger partial charge in [-0.25, -0.2) is 8.42 Å². The summed E-state index contributed by atoms with van der Waals surface area (Å²) in [5.41, 5.74) is 0.139. The summed E-state index contributed by atoms with van der Waals surface area (Å²) in [5, 5.41) is 9.00. The van der Waals surface area contributed by atoms with Crippen LogP contribution in [-0.2, 0) is 19.6 Å². The van der Waals surface area contributed by atoms with Crippen LogP contribution in [0.4, 0.5) is 0 Å². The summed E-state index contributed by atoms with van der Waals surface area (Å²) in [4.78, 5) is 24.8. The molecular formula is C17H24N2O6S. The highest BCUT2D eigenvalue weighted by atomic mass is 32.2. The first-order valence-corrected chi connectivity index (χ1v) is 9.90. The number of nitrogens with zero attached hydrogens (tertiary/aromatic N) is 2. The quantitative estimate of drug-likeness (QED) is 0.718. The average molecular weight is 384 g/mol. The molecule has 1 amide bonds. The van der Waals surface area contributed by atoms with Gasteiger partial charge in [0.05, 0.1) is 11.5 Å². The van der Waals surface area contributed by atoms with Gasteiger partial charge in [-0.2, -0.15) is 4.31 Å². The van der Waals surface area contributed by atoms with Crippen molar-refractivity contribution in [2.75, 3.05) is 39.9 Å². The Hall–Kier alpha value is -1.97. The van der Waals surface area contributed by atoms with Crippen LogP contribution in [0.1, 0.15) is 29.6 Å². The Balaban J connectivity index is 2.25. The lowest BCUT2D eigenvalue weighted by Gasteiger charge is -2.26. The first-order valence-electron chi connectivity index (χ1n) is 8.46. The largest absolute Gasteiger partial charge is 0.480 e. The maximum Gasteiger partial charge on any atom is 0.323 e. The predicted octanol–water partition coefficient (Wildman–Crippen LogP) is 1.03. The van der Waals surface area contributed by atoms with Crippen molar-refractivity contribution in [3.63, 3.8) is 0 Å². The van der Waals surface area contributed by atoms with Crippen LogP contribution in [0, 0.1) is 0 Å². The van der Waals surface area contributed by atoms with Crippen molar-refractivity contribution in [1.82, 2.24) is 9.21 Å². The van der Waals surface area contributed by atoms with E-state index in [1.54, 1.807) is 0 Å². The minimum Gasteiger partial charge on any atom is -0.480 e. The molecule has 0 radical (unpaired) electrons. The molecule has 2 rings (SSSR count). The molecule has 1 heterocycles. The zero-order chi connectivity index (χ0) is 19.2. The lowest BCUT2D eigenvalue weighted by atomic mass is 10.2. The molecule has 1 fully saturated rings. The molecule has 9 heteroatoms. The van der Waals surface area contributed by atoms with Crippen molar-refractivity contribution in [3.8, 4) is 0 Å². The van der Waals surface area contributed by atoms with E-state index in [9.17, 15) is 18.0 Å². The van der Waals surface area contributed by atoms with E-state index in [0.717, 1.165) is 24.2 Å². The van der Waals surface area contributed by atoms with E-state index in [2.05, 4.69) is 0 Å². The Morgan fingerprint density at radius 2 is 1.92 bits per heavy atom. The van der Waals surface area contributed by atoms with E-state index in [0.29, 0.717) is 13.1 Å². The summed E-state index contributed by atoms with van der Waals surface area (Å²) in [7, 11) is -2.21. The third-order valence-corrected chi connectivity index (χ3v) is 6.11. The van der Waals surface area contributed by atoms with Crippen molar-refractivity contribution < 1.29 is 27.9 Å². The SMILES string of the molecule is COCCN(CC(=O)O)C(=O)c1cccc(S(=O)(=O)N2CCCCC2)c1.